The predicted molar refractivity (Wildman–Crippen MR) is 110 cm³/mol. The van der Waals surface area contributed by atoms with Crippen molar-refractivity contribution in [1.82, 2.24) is 25.3 Å². The lowest BCUT2D eigenvalue weighted by Gasteiger charge is -2.35. The monoisotopic (exact) mass is 420 g/mol. The first-order valence-corrected chi connectivity index (χ1v) is 10.0. The number of carbonyl (C=O) groups excluding carboxylic acids is 1. The highest BCUT2D eigenvalue weighted by atomic mass is 35.5. The minimum atomic E-state index is -0.269. The van der Waals surface area contributed by atoms with E-state index in [1.807, 2.05) is 19.1 Å². The molecule has 10 heteroatoms. The van der Waals surface area contributed by atoms with Crippen molar-refractivity contribution in [3.63, 3.8) is 0 Å². The Morgan fingerprint density at radius 1 is 1.21 bits per heavy atom. The number of carbonyl (C=O) groups is 1. The second-order valence-corrected chi connectivity index (χ2v) is 6.80. The smallest absolute Gasteiger partial charge is 0.409 e. The summed E-state index contributed by atoms with van der Waals surface area (Å²) in [4.78, 5) is 24.7. The van der Waals surface area contributed by atoms with E-state index in [2.05, 4.69) is 25.3 Å². The second kappa shape index (κ2) is 10.1. The Bertz CT molecular complexity index is 831. The van der Waals surface area contributed by atoms with Gasteiger partial charge in [0.1, 0.15) is 6.54 Å². The number of nitrogens with one attached hydrogen (secondary N) is 1. The molecule has 0 aliphatic carbocycles. The fourth-order valence-electron chi connectivity index (χ4n) is 2.92. The third kappa shape index (κ3) is 5.60. The van der Waals surface area contributed by atoms with Crippen molar-refractivity contribution < 1.29 is 14.1 Å². The molecular formula is C19H25ClN6O3. The first kappa shape index (κ1) is 20.9. The molecule has 1 fully saturated rings. The molecule has 1 aliphatic rings. The Morgan fingerprint density at radius 3 is 2.55 bits per heavy atom. The first-order valence-electron chi connectivity index (χ1n) is 9.64. The van der Waals surface area contributed by atoms with E-state index in [0.717, 1.165) is 18.1 Å². The number of hydrogen-bond acceptors (Lipinski definition) is 6. The molecular weight excluding hydrogens is 396 g/mol. The number of hydrogen-bond donors (Lipinski definition) is 1. The number of halogens is 1. The summed E-state index contributed by atoms with van der Waals surface area (Å²) < 4.78 is 10.4. The van der Waals surface area contributed by atoms with Gasteiger partial charge in [-0.05, 0) is 38.1 Å². The molecule has 1 aromatic carbocycles. The number of amides is 1. The number of guanidine groups is 1. The van der Waals surface area contributed by atoms with Crippen LogP contribution in [0.1, 0.15) is 19.7 Å². The van der Waals surface area contributed by atoms with Crippen molar-refractivity contribution in [2.45, 2.75) is 20.4 Å². The van der Waals surface area contributed by atoms with Crippen LogP contribution >= 0.6 is 11.6 Å². The molecule has 2 aromatic rings. The van der Waals surface area contributed by atoms with Crippen molar-refractivity contribution in [3.8, 4) is 11.4 Å². The van der Waals surface area contributed by atoms with Crippen LogP contribution in [-0.2, 0) is 11.3 Å². The molecule has 2 heterocycles. The number of ether oxygens (including phenoxy) is 1. The van der Waals surface area contributed by atoms with E-state index in [4.69, 9.17) is 20.9 Å². The predicted octanol–water partition coefficient (Wildman–Crippen LogP) is 2.63. The van der Waals surface area contributed by atoms with Crippen molar-refractivity contribution >= 4 is 23.7 Å². The average molecular weight is 421 g/mol. The zero-order valence-corrected chi connectivity index (χ0v) is 17.4. The fraction of sp³-hybridized carbons (Fsp3) is 0.474. The van der Waals surface area contributed by atoms with Gasteiger partial charge in [0.05, 0.1) is 6.61 Å². The summed E-state index contributed by atoms with van der Waals surface area (Å²) in [5, 5.41) is 7.94. The minimum absolute atomic E-state index is 0.265. The molecule has 1 aromatic heterocycles. The maximum Gasteiger partial charge on any atom is 0.409 e. The molecule has 0 radical (unpaired) electrons. The summed E-state index contributed by atoms with van der Waals surface area (Å²) >= 11 is 5.91. The Labute approximate surface area is 174 Å². The van der Waals surface area contributed by atoms with Crippen LogP contribution in [0, 0.1) is 0 Å². The Hall–Kier alpha value is -2.81. The van der Waals surface area contributed by atoms with E-state index in [0.29, 0.717) is 49.5 Å². The summed E-state index contributed by atoms with van der Waals surface area (Å²) in [6.07, 6.45) is -0.269. The summed E-state index contributed by atoms with van der Waals surface area (Å²) in [6.45, 7) is 7.71. The molecule has 3 rings (SSSR count). The van der Waals surface area contributed by atoms with E-state index in [-0.39, 0.29) is 12.6 Å². The lowest BCUT2D eigenvalue weighted by atomic mass is 10.2. The highest BCUT2D eigenvalue weighted by Crippen LogP contribution is 2.18. The van der Waals surface area contributed by atoms with Crippen LogP contribution in [0.3, 0.4) is 0 Å². The van der Waals surface area contributed by atoms with E-state index in [1.54, 1.807) is 24.0 Å². The Morgan fingerprint density at radius 2 is 1.90 bits per heavy atom. The minimum Gasteiger partial charge on any atom is -0.450 e. The first-order chi connectivity index (χ1) is 14.1. The Balaban J connectivity index is 1.61. The van der Waals surface area contributed by atoms with E-state index in [9.17, 15) is 4.79 Å². The van der Waals surface area contributed by atoms with E-state index >= 15 is 0 Å². The highest BCUT2D eigenvalue weighted by molar-refractivity contribution is 6.30. The quantitative estimate of drug-likeness (QED) is 0.586. The second-order valence-electron chi connectivity index (χ2n) is 6.36. The van der Waals surface area contributed by atoms with E-state index < -0.39 is 0 Å². The number of nitrogens with zero attached hydrogens (tertiary/aromatic N) is 5. The molecule has 0 spiro atoms. The molecule has 1 saturated heterocycles. The molecule has 9 nitrogen and oxygen atoms in total. The molecule has 0 atom stereocenters. The molecule has 1 amide bonds. The third-order valence-corrected chi connectivity index (χ3v) is 4.63. The molecule has 156 valence electrons. The summed E-state index contributed by atoms with van der Waals surface area (Å²) in [5.74, 6) is 1.68. The van der Waals surface area contributed by atoms with Gasteiger partial charge >= 0.3 is 6.09 Å². The third-order valence-electron chi connectivity index (χ3n) is 4.37. The zero-order chi connectivity index (χ0) is 20.6. The van der Waals surface area contributed by atoms with Crippen molar-refractivity contribution in [3.05, 3.63) is 35.2 Å². The van der Waals surface area contributed by atoms with Crippen molar-refractivity contribution in [2.24, 2.45) is 4.99 Å². The van der Waals surface area contributed by atoms with Gasteiger partial charge in [0.2, 0.25) is 11.7 Å². The molecule has 29 heavy (non-hydrogen) atoms. The van der Waals surface area contributed by atoms with Crippen LogP contribution in [-0.4, -0.2) is 71.3 Å². The van der Waals surface area contributed by atoms with Crippen molar-refractivity contribution in [2.75, 3.05) is 39.3 Å². The summed E-state index contributed by atoms with van der Waals surface area (Å²) in [5.41, 5.74) is 0.829. The van der Waals surface area contributed by atoms with Crippen LogP contribution in [0.2, 0.25) is 5.02 Å². The normalized spacial score (nSPS) is 14.8. The Kier molecular flexibility index (Phi) is 7.29. The standard InChI is InChI=1S/C19H25ClN6O3/c1-3-21-18(25-9-11-26(12-10-25)19(27)28-4-2)22-13-16-23-17(24-29-16)14-5-7-15(20)8-6-14/h5-8H,3-4,9-13H2,1-2H3,(H,21,22). The van der Waals surface area contributed by atoms with Crippen LogP contribution in [0.15, 0.2) is 33.8 Å². The zero-order valence-electron chi connectivity index (χ0n) is 16.6. The van der Waals surface area contributed by atoms with Gasteiger partial charge in [-0.1, -0.05) is 16.8 Å². The number of aromatic nitrogens is 2. The van der Waals surface area contributed by atoms with Gasteiger partial charge < -0.3 is 24.4 Å². The van der Waals surface area contributed by atoms with Gasteiger partial charge in [0, 0.05) is 43.3 Å². The fourth-order valence-corrected chi connectivity index (χ4v) is 3.05. The lowest BCUT2D eigenvalue weighted by molar-refractivity contribution is 0.0914. The maximum atomic E-state index is 11.9. The number of rotatable bonds is 5. The van der Waals surface area contributed by atoms with Gasteiger partial charge in [0.25, 0.3) is 0 Å². The van der Waals surface area contributed by atoms with Crippen LogP contribution in [0.4, 0.5) is 4.79 Å². The molecule has 0 saturated carbocycles. The van der Waals surface area contributed by atoms with Crippen LogP contribution in [0.25, 0.3) is 11.4 Å². The lowest BCUT2D eigenvalue weighted by Crippen LogP contribution is -2.53. The number of benzene rings is 1. The van der Waals surface area contributed by atoms with Gasteiger partial charge in [0.15, 0.2) is 5.96 Å². The number of piperazine rings is 1. The SMILES string of the molecule is CCNC(=NCc1nc(-c2ccc(Cl)cc2)no1)N1CCN(C(=O)OCC)CC1. The average Bonchev–Trinajstić information content (AvgIpc) is 3.21. The number of aliphatic imine (C=N–C) groups is 1. The molecule has 1 N–H and O–H groups in total. The largest absolute Gasteiger partial charge is 0.450 e. The van der Waals surface area contributed by atoms with Gasteiger partial charge in [-0.15, -0.1) is 0 Å². The van der Waals surface area contributed by atoms with Gasteiger partial charge in [-0.2, -0.15) is 4.98 Å². The van der Waals surface area contributed by atoms with Crippen LogP contribution in [0.5, 0.6) is 0 Å². The van der Waals surface area contributed by atoms with E-state index in [1.165, 1.54) is 0 Å². The van der Waals surface area contributed by atoms with Gasteiger partial charge in [-0.3, -0.25) is 0 Å². The molecule has 0 bridgehead atoms. The maximum absolute atomic E-state index is 11.9. The summed E-state index contributed by atoms with van der Waals surface area (Å²) in [7, 11) is 0. The highest BCUT2D eigenvalue weighted by Gasteiger charge is 2.23. The molecule has 1 aliphatic heterocycles. The molecule has 0 unspecified atom stereocenters. The van der Waals surface area contributed by atoms with Gasteiger partial charge in [-0.25, -0.2) is 9.79 Å². The topological polar surface area (TPSA) is 96.1 Å². The summed E-state index contributed by atoms with van der Waals surface area (Å²) in [6, 6.07) is 7.25. The van der Waals surface area contributed by atoms with Crippen molar-refractivity contribution in [1.29, 1.82) is 0 Å². The van der Waals surface area contributed by atoms with Crippen LogP contribution < -0.4 is 5.32 Å².